The molecule has 0 amide bonds. The molecule has 0 aliphatic heterocycles. The van der Waals surface area contributed by atoms with Crippen molar-refractivity contribution >= 4 is 28.6 Å². The predicted molar refractivity (Wildman–Crippen MR) is 76.6 cm³/mol. The Hall–Kier alpha value is -1.00. The van der Waals surface area contributed by atoms with E-state index in [1.807, 2.05) is 10.9 Å². The molecule has 5 heteroatoms. The quantitative estimate of drug-likeness (QED) is 0.910. The van der Waals surface area contributed by atoms with E-state index in [1.54, 1.807) is 11.3 Å². The average molecular weight is 282 g/mol. The van der Waals surface area contributed by atoms with E-state index in [2.05, 4.69) is 36.5 Å². The molecule has 1 aliphatic rings. The Kier molecular flexibility index (Phi) is 3.08. The molecule has 0 aromatic carbocycles. The van der Waals surface area contributed by atoms with E-state index in [4.69, 9.17) is 11.6 Å². The normalized spacial score (nSPS) is 18.3. The summed E-state index contributed by atoms with van der Waals surface area (Å²) in [6.07, 6.45) is 6.23. The molecule has 0 saturated heterocycles. The lowest BCUT2D eigenvalue weighted by Gasteiger charge is -2.12. The van der Waals surface area contributed by atoms with Gasteiger partial charge in [-0.15, -0.1) is 11.3 Å². The van der Waals surface area contributed by atoms with Crippen LogP contribution < -0.4 is 5.32 Å². The molecule has 0 saturated carbocycles. The van der Waals surface area contributed by atoms with Crippen LogP contribution in [0.2, 0.25) is 4.34 Å². The number of nitrogens with zero attached hydrogens (tertiary/aromatic N) is 2. The Labute approximate surface area is 116 Å². The van der Waals surface area contributed by atoms with Crippen molar-refractivity contribution in [1.29, 1.82) is 0 Å². The van der Waals surface area contributed by atoms with Crippen LogP contribution in [0.4, 0.5) is 5.69 Å². The van der Waals surface area contributed by atoms with Gasteiger partial charge in [-0.2, -0.15) is 5.10 Å². The number of anilines is 1. The Morgan fingerprint density at radius 2 is 2.39 bits per heavy atom. The molecule has 0 radical (unpaired) electrons. The number of hydrogen-bond donors (Lipinski definition) is 1. The molecule has 2 heterocycles. The second kappa shape index (κ2) is 4.59. The van der Waals surface area contributed by atoms with E-state index in [9.17, 15) is 0 Å². The van der Waals surface area contributed by atoms with Gasteiger partial charge in [-0.1, -0.05) is 11.6 Å². The van der Waals surface area contributed by atoms with Crippen molar-refractivity contribution in [1.82, 2.24) is 9.78 Å². The maximum absolute atomic E-state index is 6.07. The first-order valence-electron chi connectivity index (χ1n) is 6.22. The molecule has 1 atom stereocenters. The Morgan fingerprint density at radius 3 is 3.11 bits per heavy atom. The smallest absolute Gasteiger partial charge is 0.0934 e. The lowest BCUT2D eigenvalue weighted by Crippen LogP contribution is -2.06. The van der Waals surface area contributed by atoms with Gasteiger partial charge in [-0.05, 0) is 38.3 Å². The fourth-order valence-electron chi connectivity index (χ4n) is 2.38. The van der Waals surface area contributed by atoms with Crippen molar-refractivity contribution in [2.45, 2.75) is 38.8 Å². The van der Waals surface area contributed by atoms with Crippen molar-refractivity contribution in [3.05, 3.63) is 33.2 Å². The minimum absolute atomic E-state index is 0.383. The van der Waals surface area contributed by atoms with E-state index < -0.39 is 0 Å². The largest absolute Gasteiger partial charge is 0.376 e. The minimum atomic E-state index is 0.383. The topological polar surface area (TPSA) is 29.9 Å². The van der Waals surface area contributed by atoms with Crippen LogP contribution in [-0.4, -0.2) is 9.78 Å². The molecule has 1 unspecified atom stereocenters. The van der Waals surface area contributed by atoms with Gasteiger partial charge in [-0.25, -0.2) is 0 Å². The van der Waals surface area contributed by atoms with Crippen LogP contribution in [0.5, 0.6) is 0 Å². The van der Waals surface area contributed by atoms with E-state index >= 15 is 0 Å². The number of nitrogens with one attached hydrogen (secondary N) is 1. The second-order valence-electron chi connectivity index (χ2n) is 4.97. The number of hydrogen-bond acceptors (Lipinski definition) is 3. The van der Waals surface area contributed by atoms with Crippen LogP contribution in [-0.2, 0) is 6.42 Å². The molecule has 18 heavy (non-hydrogen) atoms. The summed E-state index contributed by atoms with van der Waals surface area (Å²) in [7, 11) is 0. The molecule has 2 aromatic heterocycles. The van der Waals surface area contributed by atoms with Crippen molar-refractivity contribution in [2.24, 2.45) is 0 Å². The van der Waals surface area contributed by atoms with Crippen molar-refractivity contribution < 1.29 is 0 Å². The van der Waals surface area contributed by atoms with Crippen molar-refractivity contribution in [3.63, 3.8) is 0 Å². The van der Waals surface area contributed by atoms with Crippen molar-refractivity contribution in [3.8, 4) is 0 Å². The summed E-state index contributed by atoms with van der Waals surface area (Å²) in [5, 5.41) is 7.90. The van der Waals surface area contributed by atoms with Gasteiger partial charge < -0.3 is 5.32 Å². The first kappa shape index (κ1) is 12.1. The van der Waals surface area contributed by atoms with Gasteiger partial charge in [0.2, 0.25) is 0 Å². The van der Waals surface area contributed by atoms with E-state index in [-0.39, 0.29) is 0 Å². The van der Waals surface area contributed by atoms with Gasteiger partial charge in [0, 0.05) is 17.1 Å². The molecular formula is C13H16ClN3S. The Morgan fingerprint density at radius 1 is 1.56 bits per heavy atom. The summed E-state index contributed by atoms with van der Waals surface area (Å²) in [5.74, 6) is 0. The highest BCUT2D eigenvalue weighted by Gasteiger charge is 2.25. The Balaban J connectivity index is 1.77. The number of aryl methyl sites for hydroxylation is 1. The summed E-state index contributed by atoms with van der Waals surface area (Å²) in [6.45, 7) is 4.26. The fraction of sp³-hybridized carbons (Fsp3) is 0.462. The maximum Gasteiger partial charge on any atom is 0.0934 e. The molecule has 0 bridgehead atoms. The van der Waals surface area contributed by atoms with E-state index in [0.717, 1.165) is 22.9 Å². The molecule has 0 fully saturated rings. The third-order valence-corrected chi connectivity index (χ3v) is 4.66. The molecular weight excluding hydrogens is 266 g/mol. The number of aromatic nitrogens is 2. The molecule has 3 nitrogen and oxygen atoms in total. The third-order valence-electron chi connectivity index (χ3n) is 3.32. The van der Waals surface area contributed by atoms with Crippen LogP contribution in [0.1, 0.15) is 42.8 Å². The lowest BCUT2D eigenvalue weighted by molar-refractivity contribution is 0.532. The zero-order valence-electron chi connectivity index (χ0n) is 10.5. The Bertz CT molecular complexity index is 558. The lowest BCUT2D eigenvalue weighted by atomic mass is 10.2. The van der Waals surface area contributed by atoms with Gasteiger partial charge in [-0.3, -0.25) is 4.68 Å². The summed E-state index contributed by atoms with van der Waals surface area (Å²) in [5.41, 5.74) is 2.45. The van der Waals surface area contributed by atoms with Gasteiger partial charge >= 0.3 is 0 Å². The predicted octanol–water partition coefficient (Wildman–Crippen LogP) is 4.28. The summed E-state index contributed by atoms with van der Waals surface area (Å²) >= 11 is 7.77. The highest BCUT2D eigenvalue weighted by Crippen LogP contribution is 2.40. The minimum Gasteiger partial charge on any atom is -0.376 e. The number of thiophene rings is 1. The third kappa shape index (κ3) is 2.15. The number of halogens is 1. The SMILES string of the molecule is CC(C)n1cc(NC2CCc3sc(Cl)cc32)cn1. The molecule has 96 valence electrons. The maximum atomic E-state index is 6.07. The monoisotopic (exact) mass is 281 g/mol. The van der Waals surface area contributed by atoms with Gasteiger partial charge in [0.05, 0.1) is 22.3 Å². The number of rotatable bonds is 3. The van der Waals surface area contributed by atoms with E-state index in [0.29, 0.717) is 12.1 Å². The highest BCUT2D eigenvalue weighted by atomic mass is 35.5. The first-order chi connectivity index (χ1) is 8.63. The summed E-state index contributed by atoms with van der Waals surface area (Å²) in [4.78, 5) is 1.42. The molecule has 2 aromatic rings. The first-order valence-corrected chi connectivity index (χ1v) is 7.41. The highest BCUT2D eigenvalue weighted by molar-refractivity contribution is 7.16. The molecule has 3 rings (SSSR count). The zero-order valence-corrected chi connectivity index (χ0v) is 12.1. The fourth-order valence-corrected chi connectivity index (χ4v) is 3.73. The van der Waals surface area contributed by atoms with Crippen LogP contribution in [0.25, 0.3) is 0 Å². The summed E-state index contributed by atoms with van der Waals surface area (Å²) in [6, 6.07) is 2.88. The zero-order chi connectivity index (χ0) is 12.7. The van der Waals surface area contributed by atoms with Crippen LogP contribution in [0.3, 0.4) is 0 Å². The molecule has 0 spiro atoms. The van der Waals surface area contributed by atoms with Gasteiger partial charge in [0.15, 0.2) is 0 Å². The van der Waals surface area contributed by atoms with Crippen LogP contribution in [0.15, 0.2) is 18.5 Å². The van der Waals surface area contributed by atoms with Gasteiger partial charge in [0.25, 0.3) is 0 Å². The van der Waals surface area contributed by atoms with Crippen molar-refractivity contribution in [2.75, 3.05) is 5.32 Å². The van der Waals surface area contributed by atoms with E-state index in [1.165, 1.54) is 10.4 Å². The number of fused-ring (bicyclic) bond motifs is 1. The van der Waals surface area contributed by atoms with Crippen LogP contribution in [0, 0.1) is 0 Å². The molecule has 1 N–H and O–H groups in total. The summed E-state index contributed by atoms with van der Waals surface area (Å²) < 4.78 is 2.86. The van der Waals surface area contributed by atoms with Gasteiger partial charge in [0.1, 0.15) is 0 Å². The van der Waals surface area contributed by atoms with Crippen LogP contribution >= 0.6 is 22.9 Å². The molecule has 1 aliphatic carbocycles. The average Bonchev–Trinajstić information content (AvgIpc) is 2.96. The second-order valence-corrected chi connectivity index (χ2v) is 6.74. The standard InChI is InChI=1S/C13H16ClN3S/c1-8(2)17-7-9(6-15-17)16-11-3-4-12-10(11)5-13(14)18-12/h5-8,11,16H,3-4H2,1-2H3.